The Morgan fingerprint density at radius 1 is 0.647 bits per heavy atom. The summed E-state index contributed by atoms with van der Waals surface area (Å²) in [5, 5.41) is 21.0. The molecule has 2 aromatic carbocycles. The predicted molar refractivity (Wildman–Crippen MR) is 66.4 cm³/mol. The van der Waals surface area contributed by atoms with Gasteiger partial charge in [0, 0.05) is 11.4 Å². The van der Waals surface area contributed by atoms with Crippen molar-refractivity contribution in [2.75, 3.05) is 11.5 Å². The molecule has 0 aromatic heterocycles. The fourth-order valence-electron chi connectivity index (χ4n) is 0.961. The number of hydrogen-bond donors (Lipinski definition) is 2. The average Bonchev–Trinajstić information content (AvgIpc) is 2.28. The molecule has 0 spiro atoms. The zero-order valence-electron chi connectivity index (χ0n) is 9.30. The van der Waals surface area contributed by atoms with E-state index in [0.717, 1.165) is 0 Å². The van der Waals surface area contributed by atoms with Crippen LogP contribution in [0.1, 0.15) is 0 Å². The van der Waals surface area contributed by atoms with Crippen molar-refractivity contribution in [3.05, 3.63) is 48.5 Å². The molecule has 0 fully saturated rings. The van der Waals surface area contributed by atoms with Crippen molar-refractivity contribution in [3.63, 3.8) is 0 Å². The Labute approximate surface area is 116 Å². The zero-order valence-corrected chi connectivity index (χ0v) is 10.7. The molecule has 0 aliphatic carbocycles. The third-order valence-corrected chi connectivity index (χ3v) is 1.84. The average molecular weight is 241 g/mol. The Kier molecular flexibility index (Phi) is 6.93. The Morgan fingerprint density at radius 2 is 0.941 bits per heavy atom. The first-order chi connectivity index (χ1) is 7.61. The Morgan fingerprint density at radius 3 is 1.12 bits per heavy atom. The van der Waals surface area contributed by atoms with Gasteiger partial charge in [-0.3, -0.25) is 0 Å². The van der Waals surface area contributed by atoms with Gasteiger partial charge in [0.25, 0.3) is 0 Å². The van der Waals surface area contributed by atoms with Crippen LogP contribution >= 0.6 is 0 Å². The SMILES string of the molecule is Nc1ccccc1[O-].Nc1ccccc1[O-].[Mg+2]. The smallest absolute Gasteiger partial charge is 0.871 e. The molecule has 0 heterocycles. The number of anilines is 2. The largest absolute Gasteiger partial charge is 2.00 e. The number of rotatable bonds is 0. The minimum absolute atomic E-state index is 0. The molecule has 4 nitrogen and oxygen atoms in total. The van der Waals surface area contributed by atoms with E-state index in [0.29, 0.717) is 11.4 Å². The van der Waals surface area contributed by atoms with Crippen LogP contribution in [0.5, 0.6) is 11.5 Å². The topological polar surface area (TPSA) is 98.2 Å². The van der Waals surface area contributed by atoms with Crippen molar-refractivity contribution < 1.29 is 10.2 Å². The number of nitrogens with two attached hydrogens (primary N) is 2. The first-order valence-electron chi connectivity index (χ1n) is 4.64. The summed E-state index contributed by atoms with van der Waals surface area (Å²) >= 11 is 0. The van der Waals surface area contributed by atoms with Gasteiger partial charge in [-0.05, 0) is 12.1 Å². The van der Waals surface area contributed by atoms with Crippen molar-refractivity contribution >= 4 is 34.4 Å². The second kappa shape index (κ2) is 7.64. The van der Waals surface area contributed by atoms with Crippen LogP contribution in [-0.2, 0) is 0 Å². The number of nitrogen functional groups attached to an aromatic ring is 2. The monoisotopic (exact) mass is 240 g/mol. The maximum atomic E-state index is 10.5. The molecule has 2 rings (SSSR count). The second-order valence-corrected chi connectivity index (χ2v) is 3.08. The molecule has 84 valence electrons. The van der Waals surface area contributed by atoms with Crippen LogP contribution in [0.2, 0.25) is 0 Å². The van der Waals surface area contributed by atoms with Gasteiger partial charge < -0.3 is 21.7 Å². The fraction of sp³-hybridized carbons (Fsp3) is 0. The van der Waals surface area contributed by atoms with Crippen LogP contribution in [0.15, 0.2) is 48.5 Å². The molecular formula is C12H12MgN2O2. The van der Waals surface area contributed by atoms with Crippen molar-refractivity contribution in [2.45, 2.75) is 0 Å². The first kappa shape index (κ1) is 15.4. The molecule has 0 atom stereocenters. The molecule has 4 N–H and O–H groups in total. The summed E-state index contributed by atoms with van der Waals surface area (Å²) in [5.41, 5.74) is 11.0. The third-order valence-electron chi connectivity index (χ3n) is 1.84. The second-order valence-electron chi connectivity index (χ2n) is 3.08. The van der Waals surface area contributed by atoms with Crippen molar-refractivity contribution in [1.29, 1.82) is 0 Å². The normalized spacial score (nSPS) is 8.47. The molecule has 0 unspecified atom stereocenters. The van der Waals surface area contributed by atoms with Gasteiger partial charge in [-0.25, -0.2) is 0 Å². The molecule has 2 aromatic rings. The molecule has 0 saturated heterocycles. The fourth-order valence-corrected chi connectivity index (χ4v) is 0.961. The van der Waals surface area contributed by atoms with E-state index in [4.69, 9.17) is 11.5 Å². The van der Waals surface area contributed by atoms with E-state index < -0.39 is 0 Å². The molecule has 0 saturated carbocycles. The van der Waals surface area contributed by atoms with Crippen LogP contribution in [0.25, 0.3) is 0 Å². The molecule has 0 aliphatic rings. The standard InChI is InChI=1S/2C6H7NO.Mg/c2*7-5-3-1-2-4-6(5)8;/h2*1-4,8H,7H2;/q;;+2/p-2. The van der Waals surface area contributed by atoms with E-state index in [2.05, 4.69) is 0 Å². The molecule has 0 aliphatic heterocycles. The number of para-hydroxylation sites is 4. The molecule has 0 amide bonds. The van der Waals surface area contributed by atoms with Crippen LogP contribution in [0.3, 0.4) is 0 Å². The Hall–Kier alpha value is -1.59. The van der Waals surface area contributed by atoms with Gasteiger partial charge in [0.2, 0.25) is 0 Å². The van der Waals surface area contributed by atoms with Gasteiger partial charge >= 0.3 is 23.1 Å². The van der Waals surface area contributed by atoms with Crippen LogP contribution < -0.4 is 21.7 Å². The van der Waals surface area contributed by atoms with Gasteiger partial charge in [-0.15, -0.1) is 0 Å². The van der Waals surface area contributed by atoms with E-state index >= 15 is 0 Å². The van der Waals surface area contributed by atoms with Crippen molar-refractivity contribution in [2.24, 2.45) is 0 Å². The summed E-state index contributed by atoms with van der Waals surface area (Å²) in [6, 6.07) is 12.8. The maximum absolute atomic E-state index is 10.5. The Bertz CT molecular complexity index is 378. The molecule has 5 heteroatoms. The number of benzene rings is 2. The summed E-state index contributed by atoms with van der Waals surface area (Å²) in [5.74, 6) is -0.208. The van der Waals surface area contributed by atoms with Gasteiger partial charge in [0.05, 0.1) is 0 Å². The quantitative estimate of drug-likeness (QED) is 0.511. The van der Waals surface area contributed by atoms with Gasteiger partial charge in [-0.1, -0.05) is 47.9 Å². The van der Waals surface area contributed by atoms with Crippen molar-refractivity contribution in [3.8, 4) is 11.5 Å². The molecular weight excluding hydrogens is 228 g/mol. The Balaban J connectivity index is 0.000000284. The summed E-state index contributed by atoms with van der Waals surface area (Å²) in [6.45, 7) is 0. The molecule has 0 radical (unpaired) electrons. The zero-order chi connectivity index (χ0) is 12.0. The molecule has 17 heavy (non-hydrogen) atoms. The summed E-state index contributed by atoms with van der Waals surface area (Å²) in [7, 11) is 0. The maximum Gasteiger partial charge on any atom is 2.00 e. The minimum Gasteiger partial charge on any atom is -0.871 e. The van der Waals surface area contributed by atoms with E-state index in [-0.39, 0.29) is 34.6 Å². The summed E-state index contributed by atoms with van der Waals surface area (Å²) < 4.78 is 0. The third kappa shape index (κ3) is 5.32. The number of hydrogen-bond acceptors (Lipinski definition) is 4. The predicted octanol–water partition coefficient (Wildman–Crippen LogP) is 0.304. The van der Waals surface area contributed by atoms with E-state index in [9.17, 15) is 10.2 Å². The van der Waals surface area contributed by atoms with Crippen molar-refractivity contribution in [1.82, 2.24) is 0 Å². The van der Waals surface area contributed by atoms with E-state index in [1.165, 1.54) is 12.1 Å². The van der Waals surface area contributed by atoms with Gasteiger partial charge in [0.1, 0.15) is 0 Å². The van der Waals surface area contributed by atoms with Crippen LogP contribution in [-0.4, -0.2) is 23.1 Å². The summed E-state index contributed by atoms with van der Waals surface area (Å²) in [4.78, 5) is 0. The van der Waals surface area contributed by atoms with Gasteiger partial charge in [-0.2, -0.15) is 0 Å². The minimum atomic E-state index is -0.104. The van der Waals surface area contributed by atoms with Crippen LogP contribution in [0, 0.1) is 0 Å². The first-order valence-corrected chi connectivity index (χ1v) is 4.64. The van der Waals surface area contributed by atoms with Gasteiger partial charge in [0.15, 0.2) is 0 Å². The van der Waals surface area contributed by atoms with E-state index in [1.54, 1.807) is 36.4 Å². The summed E-state index contributed by atoms with van der Waals surface area (Å²) in [6.07, 6.45) is 0. The van der Waals surface area contributed by atoms with E-state index in [1.807, 2.05) is 0 Å². The molecule has 0 bridgehead atoms. The van der Waals surface area contributed by atoms with Crippen LogP contribution in [0.4, 0.5) is 11.4 Å².